The van der Waals surface area contributed by atoms with Crippen molar-refractivity contribution in [3.63, 3.8) is 0 Å². The number of carbonyl (C=O) groups excluding carboxylic acids is 1. The minimum atomic E-state index is -4.05. The molecule has 2 aromatic carbocycles. The van der Waals surface area contributed by atoms with E-state index in [1.165, 1.54) is 6.07 Å². The van der Waals surface area contributed by atoms with E-state index in [-0.39, 0.29) is 10.5 Å². The highest BCUT2D eigenvalue weighted by molar-refractivity contribution is 7.89. The number of nitrogens with two attached hydrogens (primary N) is 3. The van der Waals surface area contributed by atoms with E-state index in [2.05, 4.69) is 4.99 Å². The average molecular weight is 346 g/mol. The van der Waals surface area contributed by atoms with E-state index in [1.54, 1.807) is 30.3 Å². The van der Waals surface area contributed by atoms with Crippen LogP contribution < -0.4 is 16.6 Å². The van der Waals surface area contributed by atoms with Gasteiger partial charge >= 0.3 is 0 Å². The number of rotatable bonds is 4. The second-order valence-electron chi connectivity index (χ2n) is 5.11. The first-order valence-electron chi connectivity index (χ1n) is 7.13. The van der Waals surface area contributed by atoms with Gasteiger partial charge in [0.15, 0.2) is 5.96 Å². The number of hydrogen-bond donors (Lipinski definition) is 3. The molecule has 2 aromatic rings. The van der Waals surface area contributed by atoms with Crippen LogP contribution in [0.25, 0.3) is 11.1 Å². The molecule has 0 fully saturated rings. The van der Waals surface area contributed by atoms with Crippen LogP contribution in [0.3, 0.4) is 0 Å². The molecule has 7 nitrogen and oxygen atoms in total. The number of benzene rings is 2. The third-order valence-electron chi connectivity index (χ3n) is 3.44. The SMILES string of the molecule is CCc1cc(-c2ccccc2)c(S(N)(=O)=O)cc1C(=O)N=C(N)N. The van der Waals surface area contributed by atoms with Gasteiger partial charge in [0.1, 0.15) is 0 Å². The molecule has 0 saturated carbocycles. The highest BCUT2D eigenvalue weighted by Crippen LogP contribution is 2.30. The Balaban J connectivity index is 2.79. The summed E-state index contributed by atoms with van der Waals surface area (Å²) < 4.78 is 24.0. The molecule has 0 unspecified atom stereocenters. The van der Waals surface area contributed by atoms with Crippen LogP contribution in [-0.2, 0) is 16.4 Å². The smallest absolute Gasteiger partial charge is 0.280 e. The minimum Gasteiger partial charge on any atom is -0.370 e. The maximum Gasteiger partial charge on any atom is 0.280 e. The molecule has 126 valence electrons. The summed E-state index contributed by atoms with van der Waals surface area (Å²) in [7, 11) is -4.05. The predicted octanol–water partition coefficient (Wildman–Crippen LogP) is 0.977. The van der Waals surface area contributed by atoms with Crippen LogP contribution >= 0.6 is 0 Å². The van der Waals surface area contributed by atoms with Crippen molar-refractivity contribution in [2.75, 3.05) is 0 Å². The maximum atomic E-state index is 12.2. The van der Waals surface area contributed by atoms with Crippen LogP contribution in [0.1, 0.15) is 22.8 Å². The molecule has 24 heavy (non-hydrogen) atoms. The molecule has 0 aliphatic heterocycles. The van der Waals surface area contributed by atoms with E-state index in [0.29, 0.717) is 23.1 Å². The van der Waals surface area contributed by atoms with Gasteiger partial charge in [0.25, 0.3) is 5.91 Å². The summed E-state index contributed by atoms with van der Waals surface area (Å²) in [4.78, 5) is 15.5. The number of carbonyl (C=O) groups is 1. The molecule has 6 N–H and O–H groups in total. The number of aliphatic imine (C=N–C) groups is 1. The Kier molecular flexibility index (Phi) is 5.01. The second-order valence-corrected chi connectivity index (χ2v) is 6.64. The van der Waals surface area contributed by atoms with Crippen LogP contribution in [0.5, 0.6) is 0 Å². The van der Waals surface area contributed by atoms with Crippen molar-refractivity contribution in [1.82, 2.24) is 0 Å². The fourth-order valence-electron chi connectivity index (χ4n) is 2.37. The summed E-state index contributed by atoms with van der Waals surface area (Å²) in [6.45, 7) is 1.84. The van der Waals surface area contributed by atoms with Crippen molar-refractivity contribution in [2.24, 2.45) is 21.6 Å². The molecule has 1 amide bonds. The van der Waals surface area contributed by atoms with Gasteiger partial charge in [-0.2, -0.15) is 4.99 Å². The second kappa shape index (κ2) is 6.81. The lowest BCUT2D eigenvalue weighted by atomic mass is 9.97. The standard InChI is InChI=1S/C16H18N4O3S/c1-2-10-8-12(11-6-4-3-5-7-11)14(24(19,22)23)9-13(10)15(21)20-16(17)18/h3-9H,2H2,1H3,(H2,19,22,23)(H4,17,18,20,21). The number of sulfonamides is 1. The molecule has 0 aromatic heterocycles. The Hall–Kier alpha value is -2.71. The Morgan fingerprint density at radius 1 is 1.12 bits per heavy atom. The third kappa shape index (κ3) is 3.79. The first kappa shape index (κ1) is 17.6. The molecule has 0 heterocycles. The predicted molar refractivity (Wildman–Crippen MR) is 92.8 cm³/mol. The minimum absolute atomic E-state index is 0.106. The Bertz CT molecular complexity index is 902. The molecule has 0 bridgehead atoms. The quantitative estimate of drug-likeness (QED) is 0.559. The largest absolute Gasteiger partial charge is 0.370 e. The topological polar surface area (TPSA) is 142 Å². The molecular weight excluding hydrogens is 328 g/mol. The van der Waals surface area contributed by atoms with Crippen LogP contribution in [-0.4, -0.2) is 20.3 Å². The molecule has 2 rings (SSSR count). The normalized spacial score (nSPS) is 11.1. The van der Waals surface area contributed by atoms with Gasteiger partial charge < -0.3 is 11.5 Å². The third-order valence-corrected chi connectivity index (χ3v) is 4.39. The van der Waals surface area contributed by atoms with E-state index < -0.39 is 21.9 Å². The Labute approximate surface area is 140 Å². The van der Waals surface area contributed by atoms with E-state index >= 15 is 0 Å². The van der Waals surface area contributed by atoms with Gasteiger partial charge in [0, 0.05) is 11.1 Å². The summed E-state index contributed by atoms with van der Waals surface area (Å²) in [5.74, 6) is -1.11. The zero-order chi connectivity index (χ0) is 17.9. The number of amides is 1. The Morgan fingerprint density at radius 2 is 1.75 bits per heavy atom. The van der Waals surface area contributed by atoms with E-state index in [0.717, 1.165) is 0 Å². The van der Waals surface area contributed by atoms with Crippen molar-refractivity contribution in [1.29, 1.82) is 0 Å². The average Bonchev–Trinajstić information content (AvgIpc) is 2.52. The van der Waals surface area contributed by atoms with E-state index in [9.17, 15) is 13.2 Å². The molecule has 0 spiro atoms. The lowest BCUT2D eigenvalue weighted by molar-refractivity contribution is 0.100. The van der Waals surface area contributed by atoms with Gasteiger partial charge in [-0.05, 0) is 29.7 Å². The van der Waals surface area contributed by atoms with Gasteiger partial charge in [-0.3, -0.25) is 4.79 Å². The summed E-state index contributed by atoms with van der Waals surface area (Å²) in [5.41, 5.74) is 12.3. The van der Waals surface area contributed by atoms with Gasteiger partial charge in [0.05, 0.1) is 4.90 Å². The summed E-state index contributed by atoms with van der Waals surface area (Å²) >= 11 is 0. The monoisotopic (exact) mass is 346 g/mol. The fourth-order valence-corrected chi connectivity index (χ4v) is 3.14. The van der Waals surface area contributed by atoms with Crippen molar-refractivity contribution in [3.05, 3.63) is 53.6 Å². The van der Waals surface area contributed by atoms with Crippen molar-refractivity contribution in [2.45, 2.75) is 18.2 Å². The highest BCUT2D eigenvalue weighted by atomic mass is 32.2. The molecule has 0 radical (unpaired) electrons. The maximum absolute atomic E-state index is 12.2. The van der Waals surface area contributed by atoms with Gasteiger partial charge in [-0.15, -0.1) is 0 Å². The lowest BCUT2D eigenvalue weighted by Gasteiger charge is -2.13. The highest BCUT2D eigenvalue weighted by Gasteiger charge is 2.21. The zero-order valence-corrected chi connectivity index (χ0v) is 13.9. The number of primary sulfonamides is 1. The summed E-state index contributed by atoms with van der Waals surface area (Å²) in [6.07, 6.45) is 0.492. The molecule has 8 heteroatoms. The van der Waals surface area contributed by atoms with Crippen LogP contribution in [0.2, 0.25) is 0 Å². The number of hydrogen-bond acceptors (Lipinski definition) is 3. The molecule has 0 atom stereocenters. The van der Waals surface area contributed by atoms with Crippen molar-refractivity contribution in [3.8, 4) is 11.1 Å². The lowest BCUT2D eigenvalue weighted by Crippen LogP contribution is -2.24. The summed E-state index contributed by atoms with van der Waals surface area (Å²) in [6, 6.07) is 11.8. The van der Waals surface area contributed by atoms with Gasteiger partial charge in [-0.25, -0.2) is 13.6 Å². The zero-order valence-electron chi connectivity index (χ0n) is 13.1. The Morgan fingerprint density at radius 3 is 2.25 bits per heavy atom. The van der Waals surface area contributed by atoms with Crippen LogP contribution in [0.15, 0.2) is 52.4 Å². The van der Waals surface area contributed by atoms with Crippen LogP contribution in [0.4, 0.5) is 0 Å². The van der Waals surface area contributed by atoms with Crippen molar-refractivity contribution >= 4 is 21.9 Å². The molecule has 0 saturated heterocycles. The number of guanidine groups is 1. The molecular formula is C16H18N4O3S. The fraction of sp³-hybridized carbons (Fsp3) is 0.125. The first-order chi connectivity index (χ1) is 11.2. The van der Waals surface area contributed by atoms with E-state index in [1.807, 2.05) is 13.0 Å². The van der Waals surface area contributed by atoms with Gasteiger partial charge in [-0.1, -0.05) is 37.3 Å². The first-order valence-corrected chi connectivity index (χ1v) is 8.67. The van der Waals surface area contributed by atoms with E-state index in [4.69, 9.17) is 16.6 Å². The number of nitrogens with zero attached hydrogens (tertiary/aromatic N) is 1. The van der Waals surface area contributed by atoms with Crippen LogP contribution in [0, 0.1) is 0 Å². The molecule has 0 aliphatic carbocycles. The van der Waals surface area contributed by atoms with Gasteiger partial charge in [0.2, 0.25) is 10.0 Å². The number of aryl methyl sites for hydroxylation is 1. The summed E-state index contributed by atoms with van der Waals surface area (Å²) in [5, 5.41) is 5.33. The molecule has 0 aliphatic rings. The van der Waals surface area contributed by atoms with Crippen molar-refractivity contribution < 1.29 is 13.2 Å².